The van der Waals surface area contributed by atoms with Gasteiger partial charge < -0.3 is 25.5 Å². The van der Waals surface area contributed by atoms with Gasteiger partial charge in [0.1, 0.15) is 0 Å². The first-order chi connectivity index (χ1) is 6.91. The van der Waals surface area contributed by atoms with Crippen LogP contribution in [0.3, 0.4) is 0 Å². The minimum Gasteiger partial charge on any atom is -0.504 e. The summed E-state index contributed by atoms with van der Waals surface area (Å²) in [5.41, 5.74) is 0.0442. The Bertz CT molecular complexity index is 411. The Labute approximate surface area is 84.0 Å². The molecule has 0 unspecified atom stereocenters. The lowest BCUT2D eigenvalue weighted by atomic mass is 10.1. The zero-order valence-electron chi connectivity index (χ0n) is 7.38. The molecule has 0 aliphatic heterocycles. The van der Waals surface area contributed by atoms with Crippen molar-refractivity contribution in [1.82, 2.24) is 0 Å². The Morgan fingerprint density at radius 2 is 1.53 bits per heavy atom. The number of phenolic OH excluding ortho intramolecular Hbond substituents is 3. The van der Waals surface area contributed by atoms with Crippen LogP contribution in [0.15, 0.2) is 17.9 Å². The molecular weight excluding hydrogens is 204 g/mol. The molecule has 0 heterocycles. The van der Waals surface area contributed by atoms with Crippen LogP contribution < -0.4 is 0 Å². The summed E-state index contributed by atoms with van der Waals surface area (Å²) in [6.45, 7) is 0. The molecule has 0 aromatic heterocycles. The molecule has 0 atom stereocenters. The Hall–Kier alpha value is -2.37. The van der Waals surface area contributed by atoms with Crippen molar-refractivity contribution in [3.63, 3.8) is 0 Å². The third kappa shape index (κ3) is 2.31. The van der Waals surface area contributed by atoms with Gasteiger partial charge in [-0.05, 0) is 23.8 Å². The first kappa shape index (κ1) is 10.7. The van der Waals surface area contributed by atoms with Crippen LogP contribution in [0.5, 0.6) is 17.2 Å². The molecule has 1 rings (SSSR count). The van der Waals surface area contributed by atoms with E-state index in [1.807, 2.05) is 0 Å². The molecule has 0 aliphatic carbocycles. The number of hydrogen-bond donors (Lipinski definition) is 5. The highest BCUT2D eigenvalue weighted by molar-refractivity contribution is 5.89. The summed E-state index contributed by atoms with van der Waals surface area (Å²) in [5, 5.41) is 44.3. The number of aromatic hydroxyl groups is 3. The molecule has 15 heavy (non-hydrogen) atoms. The second-order valence-electron chi connectivity index (χ2n) is 2.74. The maximum Gasteiger partial charge on any atom is 0.370 e. The topological polar surface area (TPSA) is 118 Å². The summed E-state index contributed by atoms with van der Waals surface area (Å²) in [6, 6.07) is 1.99. The summed E-state index contributed by atoms with van der Waals surface area (Å²) in [4.78, 5) is 10.2. The van der Waals surface area contributed by atoms with Gasteiger partial charge in [-0.25, -0.2) is 4.79 Å². The number of aliphatic carboxylic acids is 1. The molecule has 0 bridgehead atoms. The van der Waals surface area contributed by atoms with Crippen molar-refractivity contribution in [1.29, 1.82) is 0 Å². The van der Waals surface area contributed by atoms with E-state index < -0.39 is 29.0 Å². The fraction of sp³-hybridized carbons (Fsp3) is 0. The lowest BCUT2D eigenvalue weighted by molar-refractivity contribution is -0.135. The molecule has 0 saturated heterocycles. The molecule has 0 radical (unpaired) electrons. The number of carbonyl (C=O) groups is 1. The van der Waals surface area contributed by atoms with E-state index in [2.05, 4.69) is 0 Å². The lowest BCUT2D eigenvalue weighted by Gasteiger charge is -2.02. The quantitative estimate of drug-likeness (QED) is 0.281. The van der Waals surface area contributed by atoms with E-state index in [0.717, 1.165) is 18.2 Å². The van der Waals surface area contributed by atoms with Crippen LogP contribution in [0.2, 0.25) is 0 Å². The molecule has 0 fully saturated rings. The van der Waals surface area contributed by atoms with Crippen molar-refractivity contribution in [2.24, 2.45) is 0 Å². The van der Waals surface area contributed by atoms with Crippen LogP contribution in [0, 0.1) is 0 Å². The lowest BCUT2D eigenvalue weighted by Crippen LogP contribution is -1.98. The molecule has 80 valence electrons. The summed E-state index contributed by atoms with van der Waals surface area (Å²) >= 11 is 0. The minimum absolute atomic E-state index is 0.0442. The van der Waals surface area contributed by atoms with Crippen molar-refractivity contribution >= 4 is 12.0 Å². The minimum atomic E-state index is -1.54. The van der Waals surface area contributed by atoms with E-state index in [9.17, 15) is 4.79 Å². The zero-order chi connectivity index (χ0) is 11.6. The van der Waals surface area contributed by atoms with Crippen LogP contribution in [-0.4, -0.2) is 31.5 Å². The first-order valence-corrected chi connectivity index (χ1v) is 3.80. The molecule has 1 aromatic carbocycles. The van der Waals surface area contributed by atoms with Gasteiger partial charge in [-0.15, -0.1) is 0 Å². The average Bonchev–Trinajstić information content (AvgIpc) is 2.13. The summed E-state index contributed by atoms with van der Waals surface area (Å²) in [7, 11) is 0. The van der Waals surface area contributed by atoms with E-state index in [-0.39, 0.29) is 5.56 Å². The van der Waals surface area contributed by atoms with Gasteiger partial charge in [0.2, 0.25) is 5.76 Å². The molecule has 6 heteroatoms. The van der Waals surface area contributed by atoms with Gasteiger partial charge in [-0.1, -0.05) is 0 Å². The summed E-state index contributed by atoms with van der Waals surface area (Å²) in [6.07, 6.45) is 0.821. The van der Waals surface area contributed by atoms with Gasteiger partial charge in [0, 0.05) is 0 Å². The fourth-order valence-corrected chi connectivity index (χ4v) is 0.928. The molecule has 0 aliphatic rings. The number of carboxylic acids is 1. The number of hydrogen-bond acceptors (Lipinski definition) is 5. The van der Waals surface area contributed by atoms with Crippen molar-refractivity contribution in [3.05, 3.63) is 23.5 Å². The second-order valence-corrected chi connectivity index (χ2v) is 2.74. The highest BCUT2D eigenvalue weighted by Gasteiger charge is 2.09. The van der Waals surface area contributed by atoms with E-state index in [0.29, 0.717) is 0 Å². The van der Waals surface area contributed by atoms with Crippen molar-refractivity contribution in [3.8, 4) is 17.2 Å². The third-order valence-corrected chi connectivity index (χ3v) is 1.61. The maximum absolute atomic E-state index is 10.2. The number of phenols is 3. The molecule has 0 amide bonds. The molecule has 0 saturated carbocycles. The van der Waals surface area contributed by atoms with Gasteiger partial charge in [-0.2, -0.15) is 0 Å². The third-order valence-electron chi connectivity index (χ3n) is 1.61. The number of aliphatic hydroxyl groups is 1. The first-order valence-electron chi connectivity index (χ1n) is 3.80. The smallest absolute Gasteiger partial charge is 0.370 e. The normalized spacial score (nSPS) is 11.3. The Balaban J connectivity index is 3.18. The maximum atomic E-state index is 10.2. The number of rotatable bonds is 2. The van der Waals surface area contributed by atoms with Gasteiger partial charge in [-0.3, -0.25) is 0 Å². The van der Waals surface area contributed by atoms with Crippen LogP contribution in [0.1, 0.15) is 5.56 Å². The van der Waals surface area contributed by atoms with Crippen molar-refractivity contribution < 1.29 is 30.3 Å². The number of benzene rings is 1. The van der Waals surface area contributed by atoms with E-state index in [4.69, 9.17) is 25.5 Å². The monoisotopic (exact) mass is 212 g/mol. The standard InChI is InChI=1S/C9H8O6/c10-5-1-4(2-6(11)8(5)13)3-7(12)9(14)15/h1-3,10-13H,(H,14,15)/b7-3-. The largest absolute Gasteiger partial charge is 0.504 e. The summed E-state index contributed by atoms with van der Waals surface area (Å²) < 4.78 is 0. The van der Waals surface area contributed by atoms with Crippen LogP contribution in [-0.2, 0) is 4.79 Å². The number of aliphatic hydroxyl groups excluding tert-OH is 1. The number of carboxylic acid groups (broad SMARTS) is 1. The van der Waals surface area contributed by atoms with E-state index in [1.54, 1.807) is 0 Å². The van der Waals surface area contributed by atoms with Gasteiger partial charge in [0.05, 0.1) is 0 Å². The highest BCUT2D eigenvalue weighted by atomic mass is 16.4. The van der Waals surface area contributed by atoms with Gasteiger partial charge in [0.15, 0.2) is 17.2 Å². The Kier molecular flexibility index (Phi) is 2.70. The highest BCUT2D eigenvalue weighted by Crippen LogP contribution is 2.35. The molecular formula is C9H8O6. The molecule has 5 N–H and O–H groups in total. The van der Waals surface area contributed by atoms with Crippen LogP contribution in [0.25, 0.3) is 6.08 Å². The second kappa shape index (κ2) is 3.79. The van der Waals surface area contributed by atoms with Crippen LogP contribution >= 0.6 is 0 Å². The fourth-order valence-electron chi connectivity index (χ4n) is 0.928. The van der Waals surface area contributed by atoms with Crippen molar-refractivity contribution in [2.75, 3.05) is 0 Å². The molecule has 6 nitrogen and oxygen atoms in total. The molecule has 0 spiro atoms. The Morgan fingerprint density at radius 3 is 1.93 bits per heavy atom. The van der Waals surface area contributed by atoms with E-state index >= 15 is 0 Å². The van der Waals surface area contributed by atoms with Crippen LogP contribution in [0.4, 0.5) is 0 Å². The van der Waals surface area contributed by atoms with E-state index in [1.165, 1.54) is 0 Å². The zero-order valence-corrected chi connectivity index (χ0v) is 7.38. The molecule has 1 aromatic rings. The SMILES string of the molecule is O=C(O)/C(O)=C/c1cc(O)c(O)c(O)c1. The predicted molar refractivity (Wildman–Crippen MR) is 49.7 cm³/mol. The predicted octanol–water partition coefficient (Wildman–Crippen LogP) is 0.787. The van der Waals surface area contributed by atoms with Crippen molar-refractivity contribution in [2.45, 2.75) is 0 Å². The van der Waals surface area contributed by atoms with Gasteiger partial charge >= 0.3 is 5.97 Å². The average molecular weight is 212 g/mol. The summed E-state index contributed by atoms with van der Waals surface area (Å²) in [5.74, 6) is -4.41. The Morgan fingerprint density at radius 1 is 1.07 bits per heavy atom. The van der Waals surface area contributed by atoms with Gasteiger partial charge in [0.25, 0.3) is 0 Å².